The average molecular weight is 554 g/mol. The fourth-order valence-corrected chi connectivity index (χ4v) is 5.27. The van der Waals surface area contributed by atoms with E-state index in [1.54, 1.807) is 12.1 Å². The molecule has 1 atom stereocenters. The van der Waals surface area contributed by atoms with Gasteiger partial charge in [-0.3, -0.25) is 9.69 Å². The lowest BCUT2D eigenvalue weighted by Crippen LogP contribution is -2.49. The summed E-state index contributed by atoms with van der Waals surface area (Å²) in [5.41, 5.74) is 1.04. The van der Waals surface area contributed by atoms with Crippen molar-refractivity contribution in [2.75, 3.05) is 19.6 Å². The Morgan fingerprint density at radius 1 is 0.921 bits per heavy atom. The highest BCUT2D eigenvalue weighted by Crippen LogP contribution is 2.45. The zero-order valence-corrected chi connectivity index (χ0v) is 24.9. The first-order valence-electron chi connectivity index (χ1n) is 14.4. The molecule has 2 nitrogen and oxygen atoms in total. The van der Waals surface area contributed by atoms with Crippen molar-refractivity contribution in [3.63, 3.8) is 0 Å². The maximum absolute atomic E-state index is 13.3. The third-order valence-corrected chi connectivity index (χ3v) is 7.48. The second kappa shape index (κ2) is 17.0. The van der Waals surface area contributed by atoms with Gasteiger partial charge >= 0.3 is 6.18 Å². The molecule has 1 unspecified atom stereocenters. The standard InChI is InChI=1S/C26H29ClF3NO.3C2H6/c27-23-12-10-21(11-13-23)25(14-2-15-25)24(32)18-31-16-1-3-20(17-31)5-4-19-6-8-22(9-7-19)26(28,29)30;3*1-2/h6-13,20H,1-5,14-18H2;3*1-2H3. The zero-order chi connectivity index (χ0) is 28.8. The van der Waals surface area contributed by atoms with Gasteiger partial charge in [0.15, 0.2) is 5.78 Å². The number of hydrogen-bond acceptors (Lipinski definition) is 2. The van der Waals surface area contributed by atoms with E-state index in [4.69, 9.17) is 11.6 Å². The van der Waals surface area contributed by atoms with Gasteiger partial charge in [0.1, 0.15) is 0 Å². The van der Waals surface area contributed by atoms with Gasteiger partial charge in [0.2, 0.25) is 0 Å². The molecule has 1 aliphatic heterocycles. The lowest BCUT2D eigenvalue weighted by molar-refractivity contribution is -0.137. The summed E-state index contributed by atoms with van der Waals surface area (Å²) in [5, 5.41) is 0.683. The number of rotatable bonds is 7. The quantitative estimate of drug-likeness (QED) is 0.340. The number of piperidine rings is 1. The van der Waals surface area contributed by atoms with Crippen molar-refractivity contribution >= 4 is 17.4 Å². The summed E-state index contributed by atoms with van der Waals surface area (Å²) in [7, 11) is 0. The number of carbonyl (C=O) groups excluding carboxylic acids is 1. The number of aryl methyl sites for hydroxylation is 1. The Bertz CT molecular complexity index is 921. The number of likely N-dealkylation sites (tertiary alicyclic amines) is 1. The third-order valence-electron chi connectivity index (χ3n) is 7.23. The SMILES string of the molecule is CC.CC.CC.O=C(CN1CCCC(CCc2ccc(C(F)(F)F)cc2)C1)C1(c2ccc(Cl)cc2)CCC1. The molecule has 38 heavy (non-hydrogen) atoms. The Hall–Kier alpha value is -1.85. The highest BCUT2D eigenvalue weighted by Gasteiger charge is 2.45. The van der Waals surface area contributed by atoms with E-state index in [2.05, 4.69) is 4.90 Å². The monoisotopic (exact) mass is 553 g/mol. The van der Waals surface area contributed by atoms with Crippen LogP contribution in [-0.4, -0.2) is 30.3 Å². The van der Waals surface area contributed by atoms with Crippen molar-refractivity contribution in [2.45, 2.75) is 98.1 Å². The number of carbonyl (C=O) groups is 1. The molecule has 0 aromatic heterocycles. The lowest BCUT2D eigenvalue weighted by atomic mass is 9.61. The number of halogens is 4. The predicted octanol–water partition coefficient (Wildman–Crippen LogP) is 9.77. The van der Waals surface area contributed by atoms with Crippen molar-refractivity contribution in [1.82, 2.24) is 4.90 Å². The minimum Gasteiger partial charge on any atom is -0.297 e. The van der Waals surface area contributed by atoms with Gasteiger partial charge in [0, 0.05) is 11.6 Å². The van der Waals surface area contributed by atoms with Crippen LogP contribution >= 0.6 is 11.6 Å². The molecular formula is C32H47ClF3NO. The first kappa shape index (κ1) is 34.2. The van der Waals surface area contributed by atoms with E-state index < -0.39 is 11.7 Å². The van der Waals surface area contributed by atoms with Gasteiger partial charge in [-0.2, -0.15) is 13.2 Å². The third kappa shape index (κ3) is 9.41. The molecule has 4 rings (SSSR count). The maximum Gasteiger partial charge on any atom is 0.416 e. The van der Waals surface area contributed by atoms with Crippen LogP contribution in [0, 0.1) is 5.92 Å². The van der Waals surface area contributed by atoms with Gasteiger partial charge < -0.3 is 0 Å². The van der Waals surface area contributed by atoms with E-state index in [0.29, 0.717) is 23.3 Å². The van der Waals surface area contributed by atoms with Crippen LogP contribution in [0.2, 0.25) is 5.02 Å². The average Bonchev–Trinajstić information content (AvgIpc) is 2.91. The molecule has 2 fully saturated rings. The van der Waals surface area contributed by atoms with Crippen molar-refractivity contribution in [3.05, 3.63) is 70.2 Å². The molecule has 1 aliphatic carbocycles. The summed E-state index contributed by atoms with van der Waals surface area (Å²) in [6, 6.07) is 13.2. The Kier molecular flexibility index (Phi) is 15.3. The summed E-state index contributed by atoms with van der Waals surface area (Å²) < 4.78 is 38.2. The molecule has 2 aliphatic rings. The van der Waals surface area contributed by atoms with Crippen LogP contribution in [0.25, 0.3) is 0 Å². The van der Waals surface area contributed by atoms with Gasteiger partial charge in [-0.25, -0.2) is 0 Å². The predicted molar refractivity (Wildman–Crippen MR) is 155 cm³/mol. The number of alkyl halides is 3. The summed E-state index contributed by atoms with van der Waals surface area (Å²) in [6.45, 7) is 14.3. The summed E-state index contributed by atoms with van der Waals surface area (Å²) in [4.78, 5) is 15.6. The van der Waals surface area contributed by atoms with E-state index in [1.807, 2.05) is 65.8 Å². The maximum atomic E-state index is 13.3. The van der Waals surface area contributed by atoms with Crippen LogP contribution in [0.4, 0.5) is 13.2 Å². The van der Waals surface area contributed by atoms with Gasteiger partial charge in [-0.05, 0) is 86.4 Å². The summed E-state index contributed by atoms with van der Waals surface area (Å²) in [6.07, 6.45) is 2.43. The van der Waals surface area contributed by atoms with Crippen molar-refractivity contribution < 1.29 is 18.0 Å². The molecule has 2 aromatic carbocycles. The van der Waals surface area contributed by atoms with Crippen molar-refractivity contribution in [2.24, 2.45) is 5.92 Å². The molecule has 0 spiro atoms. The van der Waals surface area contributed by atoms with Gasteiger partial charge in [0.25, 0.3) is 0 Å². The molecule has 1 saturated heterocycles. The molecule has 0 bridgehead atoms. The second-order valence-corrected chi connectivity index (χ2v) is 9.78. The van der Waals surface area contributed by atoms with E-state index in [-0.39, 0.29) is 5.41 Å². The molecular weight excluding hydrogens is 507 g/mol. The summed E-state index contributed by atoms with van der Waals surface area (Å²) >= 11 is 6.03. The number of ketones is 1. The number of nitrogens with zero attached hydrogens (tertiary/aromatic N) is 1. The van der Waals surface area contributed by atoms with E-state index >= 15 is 0 Å². The van der Waals surface area contributed by atoms with Crippen molar-refractivity contribution in [1.29, 1.82) is 0 Å². The Morgan fingerprint density at radius 2 is 1.50 bits per heavy atom. The molecule has 0 N–H and O–H groups in total. The Balaban J connectivity index is 0.00000112. The molecule has 0 amide bonds. The molecule has 214 valence electrons. The van der Waals surface area contributed by atoms with Crippen LogP contribution in [0.3, 0.4) is 0 Å². The fraction of sp³-hybridized carbons (Fsp3) is 0.594. The Morgan fingerprint density at radius 3 is 2.00 bits per heavy atom. The van der Waals surface area contributed by atoms with E-state index in [1.165, 1.54) is 0 Å². The first-order valence-corrected chi connectivity index (χ1v) is 14.8. The van der Waals surface area contributed by atoms with Crippen LogP contribution in [0.5, 0.6) is 0 Å². The van der Waals surface area contributed by atoms with E-state index in [0.717, 1.165) is 81.3 Å². The zero-order valence-electron chi connectivity index (χ0n) is 24.1. The highest BCUT2D eigenvalue weighted by atomic mass is 35.5. The molecule has 2 aromatic rings. The van der Waals surface area contributed by atoms with E-state index in [9.17, 15) is 18.0 Å². The number of benzene rings is 2. The normalized spacial score (nSPS) is 18.3. The minimum atomic E-state index is -4.29. The highest BCUT2D eigenvalue weighted by molar-refractivity contribution is 6.30. The smallest absolute Gasteiger partial charge is 0.297 e. The van der Waals surface area contributed by atoms with Crippen LogP contribution in [0.15, 0.2) is 48.5 Å². The van der Waals surface area contributed by atoms with Crippen LogP contribution in [-0.2, 0) is 22.8 Å². The van der Waals surface area contributed by atoms with Gasteiger partial charge in [-0.1, -0.05) is 83.8 Å². The minimum absolute atomic E-state index is 0.300. The molecule has 0 radical (unpaired) electrons. The van der Waals surface area contributed by atoms with Crippen molar-refractivity contribution in [3.8, 4) is 0 Å². The van der Waals surface area contributed by atoms with Crippen LogP contribution in [0.1, 0.15) is 96.8 Å². The number of Topliss-reactive ketones (excluding diaryl/α,β-unsaturated/α-hetero) is 1. The molecule has 1 heterocycles. The summed E-state index contributed by atoms with van der Waals surface area (Å²) in [5.74, 6) is 0.765. The first-order chi connectivity index (χ1) is 18.3. The van der Waals surface area contributed by atoms with Gasteiger partial charge in [-0.15, -0.1) is 0 Å². The topological polar surface area (TPSA) is 20.3 Å². The fourth-order valence-electron chi connectivity index (χ4n) is 5.14. The number of hydrogen-bond donors (Lipinski definition) is 0. The molecule has 6 heteroatoms. The Labute approximate surface area is 234 Å². The largest absolute Gasteiger partial charge is 0.416 e. The second-order valence-electron chi connectivity index (χ2n) is 9.34. The van der Waals surface area contributed by atoms with Gasteiger partial charge in [0.05, 0.1) is 17.5 Å². The molecule has 1 saturated carbocycles. The lowest BCUT2D eigenvalue weighted by Gasteiger charge is -2.43. The van der Waals surface area contributed by atoms with Crippen LogP contribution < -0.4 is 0 Å².